The quantitative estimate of drug-likeness (QED) is 0.569. The summed E-state index contributed by atoms with van der Waals surface area (Å²) in [4.78, 5) is 3.68. The number of rotatable bonds is 5. The number of halogens is 1. The zero-order valence-electron chi connectivity index (χ0n) is 17.1. The number of aromatic nitrogens is 1. The fourth-order valence-electron chi connectivity index (χ4n) is 5.03. The van der Waals surface area contributed by atoms with Crippen LogP contribution in [0.25, 0.3) is 10.9 Å². The molecular weight excluding hydrogens is 380 g/mol. The fraction of sp³-hybridized carbons (Fsp3) is 0.440. The Morgan fingerprint density at radius 1 is 0.862 bits per heavy atom. The minimum atomic E-state index is 0. The molecule has 0 fully saturated rings. The van der Waals surface area contributed by atoms with Crippen LogP contribution in [0.15, 0.2) is 36.4 Å². The lowest BCUT2D eigenvalue weighted by Gasteiger charge is -2.19. The maximum Gasteiger partial charge on any atom is 0.122 e. The SMILES string of the molecule is Cl.c1cc2c(c(OCCCc3cccc4[nH]c5c(c34)CCNCC5)c1)CCCC2. The Morgan fingerprint density at radius 3 is 2.69 bits per heavy atom. The van der Waals surface area contributed by atoms with Crippen LogP contribution in [-0.4, -0.2) is 24.7 Å². The maximum atomic E-state index is 6.23. The summed E-state index contributed by atoms with van der Waals surface area (Å²) in [7, 11) is 0. The van der Waals surface area contributed by atoms with Gasteiger partial charge in [-0.1, -0.05) is 24.3 Å². The van der Waals surface area contributed by atoms with E-state index in [1.54, 1.807) is 0 Å². The summed E-state index contributed by atoms with van der Waals surface area (Å²) < 4.78 is 6.23. The van der Waals surface area contributed by atoms with Crippen molar-refractivity contribution in [1.29, 1.82) is 0 Å². The van der Waals surface area contributed by atoms with Crippen LogP contribution in [0.4, 0.5) is 0 Å². The Kier molecular flexibility index (Phi) is 6.46. The summed E-state index contributed by atoms with van der Waals surface area (Å²) in [6.07, 6.45) is 9.35. The van der Waals surface area contributed by atoms with Gasteiger partial charge in [-0.2, -0.15) is 0 Å². The molecule has 0 bridgehead atoms. The fourth-order valence-corrected chi connectivity index (χ4v) is 5.03. The van der Waals surface area contributed by atoms with E-state index >= 15 is 0 Å². The van der Waals surface area contributed by atoms with Crippen molar-refractivity contribution in [3.63, 3.8) is 0 Å². The third kappa shape index (κ3) is 4.17. The summed E-state index contributed by atoms with van der Waals surface area (Å²) >= 11 is 0. The number of aryl methyl sites for hydroxylation is 2. The summed E-state index contributed by atoms with van der Waals surface area (Å²) in [5.41, 5.74) is 8.70. The first kappa shape index (κ1) is 20.3. The average Bonchev–Trinajstić information content (AvgIpc) is 2.93. The topological polar surface area (TPSA) is 37.0 Å². The van der Waals surface area contributed by atoms with E-state index in [9.17, 15) is 0 Å². The van der Waals surface area contributed by atoms with Crippen LogP contribution in [0.1, 0.15) is 47.2 Å². The molecule has 2 aliphatic rings. The van der Waals surface area contributed by atoms with Gasteiger partial charge in [0, 0.05) is 29.6 Å². The third-order valence-electron chi connectivity index (χ3n) is 6.41. The van der Waals surface area contributed by atoms with Crippen LogP contribution >= 0.6 is 12.4 Å². The van der Waals surface area contributed by atoms with E-state index in [-0.39, 0.29) is 12.4 Å². The molecule has 0 radical (unpaired) electrons. The predicted molar refractivity (Wildman–Crippen MR) is 123 cm³/mol. The molecule has 0 saturated heterocycles. The summed E-state index contributed by atoms with van der Waals surface area (Å²) in [6, 6.07) is 13.3. The number of ether oxygens (including phenoxy) is 1. The third-order valence-corrected chi connectivity index (χ3v) is 6.41. The van der Waals surface area contributed by atoms with E-state index in [2.05, 4.69) is 46.7 Å². The van der Waals surface area contributed by atoms with Gasteiger partial charge in [-0.05, 0) is 85.9 Å². The first-order valence-corrected chi connectivity index (χ1v) is 11.0. The Morgan fingerprint density at radius 2 is 1.72 bits per heavy atom. The van der Waals surface area contributed by atoms with Gasteiger partial charge >= 0.3 is 0 Å². The molecule has 4 heteroatoms. The number of benzene rings is 2. The van der Waals surface area contributed by atoms with Crippen LogP contribution in [0.2, 0.25) is 0 Å². The first-order valence-electron chi connectivity index (χ1n) is 11.0. The molecule has 0 spiro atoms. The zero-order chi connectivity index (χ0) is 18.8. The van der Waals surface area contributed by atoms with Gasteiger partial charge in [-0.3, -0.25) is 0 Å². The van der Waals surface area contributed by atoms with Gasteiger partial charge in [0.25, 0.3) is 0 Å². The predicted octanol–water partition coefficient (Wildman–Crippen LogP) is 5.17. The van der Waals surface area contributed by atoms with Crippen molar-refractivity contribution >= 4 is 23.3 Å². The van der Waals surface area contributed by atoms with Gasteiger partial charge in [-0.15, -0.1) is 12.4 Å². The molecule has 154 valence electrons. The van der Waals surface area contributed by atoms with Crippen LogP contribution in [0.3, 0.4) is 0 Å². The highest BCUT2D eigenvalue weighted by atomic mass is 35.5. The average molecular weight is 411 g/mol. The van der Waals surface area contributed by atoms with Gasteiger partial charge in [0.1, 0.15) is 5.75 Å². The lowest BCUT2D eigenvalue weighted by Crippen LogP contribution is -2.16. The second-order valence-electron chi connectivity index (χ2n) is 8.22. The minimum absolute atomic E-state index is 0. The van der Waals surface area contributed by atoms with Crippen LogP contribution in [0, 0.1) is 0 Å². The molecule has 0 unspecified atom stereocenters. The number of nitrogens with one attached hydrogen (secondary N) is 2. The maximum absolute atomic E-state index is 6.23. The van der Waals surface area contributed by atoms with E-state index in [0.717, 1.165) is 51.1 Å². The van der Waals surface area contributed by atoms with Crippen molar-refractivity contribution in [2.75, 3.05) is 19.7 Å². The molecule has 2 N–H and O–H groups in total. The Balaban J connectivity index is 0.00000205. The number of aromatic amines is 1. The second-order valence-corrected chi connectivity index (χ2v) is 8.22. The molecule has 0 saturated carbocycles. The van der Waals surface area contributed by atoms with Crippen molar-refractivity contribution in [3.8, 4) is 5.75 Å². The molecule has 1 aromatic heterocycles. The highest BCUT2D eigenvalue weighted by Gasteiger charge is 2.17. The largest absolute Gasteiger partial charge is 0.493 e. The summed E-state index contributed by atoms with van der Waals surface area (Å²) in [5, 5.41) is 4.99. The van der Waals surface area contributed by atoms with Crippen molar-refractivity contribution < 1.29 is 4.74 Å². The van der Waals surface area contributed by atoms with Gasteiger partial charge < -0.3 is 15.0 Å². The monoisotopic (exact) mass is 410 g/mol. The second kappa shape index (κ2) is 9.23. The van der Waals surface area contributed by atoms with E-state index in [1.807, 2.05) is 0 Å². The van der Waals surface area contributed by atoms with Crippen LogP contribution < -0.4 is 10.1 Å². The molecule has 5 rings (SSSR count). The number of hydrogen-bond acceptors (Lipinski definition) is 2. The molecule has 1 aliphatic carbocycles. The number of H-pyrrole nitrogens is 1. The summed E-state index contributed by atoms with van der Waals surface area (Å²) in [5.74, 6) is 1.12. The van der Waals surface area contributed by atoms with Crippen molar-refractivity contribution in [2.24, 2.45) is 0 Å². The van der Waals surface area contributed by atoms with Gasteiger partial charge in [0.15, 0.2) is 0 Å². The molecule has 3 nitrogen and oxygen atoms in total. The van der Waals surface area contributed by atoms with Gasteiger partial charge in [-0.25, -0.2) is 0 Å². The van der Waals surface area contributed by atoms with Crippen LogP contribution in [-0.2, 0) is 32.1 Å². The Bertz CT molecular complexity index is 978. The summed E-state index contributed by atoms with van der Waals surface area (Å²) in [6.45, 7) is 2.95. The van der Waals surface area contributed by atoms with E-state index in [1.165, 1.54) is 64.5 Å². The smallest absolute Gasteiger partial charge is 0.122 e. The molecule has 2 heterocycles. The molecule has 29 heavy (non-hydrogen) atoms. The van der Waals surface area contributed by atoms with Gasteiger partial charge in [0.05, 0.1) is 6.61 Å². The lowest BCUT2D eigenvalue weighted by molar-refractivity contribution is 0.306. The van der Waals surface area contributed by atoms with E-state index in [0.29, 0.717) is 0 Å². The van der Waals surface area contributed by atoms with E-state index < -0.39 is 0 Å². The zero-order valence-corrected chi connectivity index (χ0v) is 17.9. The standard InChI is InChI=1S/C25H30N2O.ClH/c1-2-10-20-18(6-1)7-4-12-24(20)28-17-5-9-19-8-3-11-23-25(19)21-13-15-26-16-14-22(21)27-23;/h3-4,7-8,11-12,26-27H,1-2,5-6,9-10,13-17H2;1H. The Hall–Kier alpha value is -1.97. The first-order chi connectivity index (χ1) is 13.9. The lowest BCUT2D eigenvalue weighted by atomic mass is 9.91. The van der Waals surface area contributed by atoms with Crippen LogP contribution in [0.5, 0.6) is 5.75 Å². The van der Waals surface area contributed by atoms with E-state index in [4.69, 9.17) is 4.74 Å². The molecule has 1 aliphatic heterocycles. The minimum Gasteiger partial charge on any atom is -0.493 e. The van der Waals surface area contributed by atoms with Crippen molar-refractivity contribution in [2.45, 2.75) is 51.4 Å². The van der Waals surface area contributed by atoms with Crippen molar-refractivity contribution in [1.82, 2.24) is 10.3 Å². The van der Waals surface area contributed by atoms with Gasteiger partial charge in [0.2, 0.25) is 0 Å². The Labute approximate surface area is 179 Å². The van der Waals surface area contributed by atoms with Crippen molar-refractivity contribution in [3.05, 3.63) is 64.3 Å². The molecular formula is C25H31ClN2O. The molecule has 0 atom stereocenters. The molecule has 0 amide bonds. The normalized spacial score (nSPS) is 15.9. The number of fused-ring (bicyclic) bond motifs is 4. The number of hydrogen-bond donors (Lipinski definition) is 2. The molecule has 2 aromatic carbocycles. The highest BCUT2D eigenvalue weighted by Crippen LogP contribution is 2.31. The molecule has 3 aromatic rings. The highest BCUT2D eigenvalue weighted by molar-refractivity contribution is 5.88.